The molecule has 0 fully saturated rings. The van der Waals surface area contributed by atoms with Gasteiger partial charge in [0.15, 0.2) is 5.16 Å². The Morgan fingerprint density at radius 1 is 1.50 bits per heavy atom. The second kappa shape index (κ2) is 4.59. The smallest absolute Gasteiger partial charge is 0.262 e. The van der Waals surface area contributed by atoms with Gasteiger partial charge >= 0.3 is 0 Å². The number of aromatic nitrogens is 2. The van der Waals surface area contributed by atoms with E-state index >= 15 is 0 Å². The van der Waals surface area contributed by atoms with Gasteiger partial charge in [-0.2, -0.15) is 0 Å². The van der Waals surface area contributed by atoms with Crippen LogP contribution in [0.4, 0.5) is 0 Å². The highest BCUT2D eigenvalue weighted by Gasteiger charge is 2.08. The number of hydrogen-bond donors (Lipinski definition) is 0. The fraction of sp³-hybridized carbons (Fsp3) is 0.273. The zero-order valence-electron chi connectivity index (χ0n) is 9.03. The number of halogens is 1. The van der Waals surface area contributed by atoms with Gasteiger partial charge in [-0.3, -0.25) is 9.36 Å². The molecule has 5 heteroatoms. The second-order valence-electron chi connectivity index (χ2n) is 3.31. The van der Waals surface area contributed by atoms with Crippen LogP contribution in [-0.2, 0) is 6.54 Å². The van der Waals surface area contributed by atoms with E-state index in [1.807, 2.05) is 31.4 Å². The maximum atomic E-state index is 12.2. The Kier molecular flexibility index (Phi) is 3.35. The van der Waals surface area contributed by atoms with Gasteiger partial charge in [0, 0.05) is 11.0 Å². The standard InChI is InChI=1S/C11H11BrN2OS/c1-3-14-10(15)8-6-7(12)4-5-9(8)13-11(14)16-2/h4-6H,3H2,1-2H3. The molecule has 0 saturated carbocycles. The van der Waals surface area contributed by atoms with E-state index < -0.39 is 0 Å². The third-order valence-corrected chi connectivity index (χ3v) is 3.55. The summed E-state index contributed by atoms with van der Waals surface area (Å²) in [7, 11) is 0. The number of hydrogen-bond acceptors (Lipinski definition) is 3. The zero-order chi connectivity index (χ0) is 11.7. The average Bonchev–Trinajstić information content (AvgIpc) is 2.29. The topological polar surface area (TPSA) is 34.9 Å². The van der Waals surface area contributed by atoms with Gasteiger partial charge < -0.3 is 0 Å². The van der Waals surface area contributed by atoms with E-state index in [2.05, 4.69) is 20.9 Å². The number of thioether (sulfide) groups is 1. The van der Waals surface area contributed by atoms with Gasteiger partial charge in [0.05, 0.1) is 10.9 Å². The largest absolute Gasteiger partial charge is 0.287 e. The fourth-order valence-corrected chi connectivity index (χ4v) is 2.59. The predicted molar refractivity (Wildman–Crippen MR) is 71.2 cm³/mol. The molecule has 0 aliphatic carbocycles. The van der Waals surface area contributed by atoms with E-state index in [0.29, 0.717) is 11.9 Å². The number of nitrogens with zero attached hydrogens (tertiary/aromatic N) is 2. The molecule has 0 spiro atoms. The minimum Gasteiger partial charge on any atom is -0.287 e. The first-order valence-electron chi connectivity index (χ1n) is 4.91. The van der Waals surface area contributed by atoms with Crippen LogP contribution in [0.2, 0.25) is 0 Å². The van der Waals surface area contributed by atoms with Crippen molar-refractivity contribution >= 4 is 38.6 Å². The second-order valence-corrected chi connectivity index (χ2v) is 5.00. The molecule has 0 N–H and O–H groups in total. The fourth-order valence-electron chi connectivity index (χ4n) is 1.61. The zero-order valence-corrected chi connectivity index (χ0v) is 11.4. The van der Waals surface area contributed by atoms with E-state index in [-0.39, 0.29) is 5.56 Å². The summed E-state index contributed by atoms with van der Waals surface area (Å²) in [6, 6.07) is 5.58. The summed E-state index contributed by atoms with van der Waals surface area (Å²) in [5, 5.41) is 1.43. The minimum atomic E-state index is 0.0261. The van der Waals surface area contributed by atoms with Gasteiger partial charge in [-0.05, 0) is 31.4 Å². The van der Waals surface area contributed by atoms with Crippen LogP contribution in [0, 0.1) is 0 Å². The van der Waals surface area contributed by atoms with Crippen molar-refractivity contribution in [3.05, 3.63) is 33.0 Å². The highest BCUT2D eigenvalue weighted by Crippen LogP contribution is 2.18. The Morgan fingerprint density at radius 3 is 2.88 bits per heavy atom. The first kappa shape index (κ1) is 11.7. The van der Waals surface area contributed by atoms with Gasteiger partial charge in [0.2, 0.25) is 0 Å². The molecule has 1 aromatic carbocycles. The van der Waals surface area contributed by atoms with E-state index in [0.717, 1.165) is 15.1 Å². The first-order chi connectivity index (χ1) is 7.67. The van der Waals surface area contributed by atoms with Crippen LogP contribution >= 0.6 is 27.7 Å². The van der Waals surface area contributed by atoms with Crippen molar-refractivity contribution in [2.24, 2.45) is 0 Å². The van der Waals surface area contributed by atoms with E-state index in [1.54, 1.807) is 4.57 Å². The Morgan fingerprint density at radius 2 is 2.25 bits per heavy atom. The highest BCUT2D eigenvalue weighted by molar-refractivity contribution is 9.10. The van der Waals surface area contributed by atoms with Gasteiger partial charge in [0.1, 0.15) is 0 Å². The summed E-state index contributed by atoms with van der Waals surface area (Å²) >= 11 is 4.86. The molecule has 0 aliphatic rings. The highest BCUT2D eigenvalue weighted by atomic mass is 79.9. The van der Waals surface area contributed by atoms with Crippen LogP contribution in [0.15, 0.2) is 32.6 Å². The van der Waals surface area contributed by atoms with Crippen LogP contribution in [0.5, 0.6) is 0 Å². The summed E-state index contributed by atoms with van der Waals surface area (Å²) in [6.07, 6.45) is 1.93. The van der Waals surface area contributed by atoms with Crippen molar-refractivity contribution < 1.29 is 0 Å². The number of benzene rings is 1. The minimum absolute atomic E-state index is 0.0261. The van der Waals surface area contributed by atoms with Crippen LogP contribution in [0.3, 0.4) is 0 Å². The molecular formula is C11H11BrN2OS. The SMILES string of the molecule is CCn1c(SC)nc2ccc(Br)cc2c1=O. The molecule has 0 aliphatic heterocycles. The lowest BCUT2D eigenvalue weighted by atomic mass is 10.2. The molecule has 1 aromatic heterocycles. The van der Waals surface area contributed by atoms with Crippen molar-refractivity contribution in [1.29, 1.82) is 0 Å². The molecule has 0 bridgehead atoms. The Hall–Kier alpha value is -0.810. The molecule has 0 atom stereocenters. The van der Waals surface area contributed by atoms with Gasteiger partial charge in [-0.15, -0.1) is 0 Å². The Bertz CT molecular complexity index is 594. The van der Waals surface area contributed by atoms with Crippen molar-refractivity contribution in [2.45, 2.75) is 18.6 Å². The number of fused-ring (bicyclic) bond motifs is 1. The molecule has 16 heavy (non-hydrogen) atoms. The van der Waals surface area contributed by atoms with Crippen molar-refractivity contribution in [2.75, 3.05) is 6.26 Å². The lowest BCUT2D eigenvalue weighted by Gasteiger charge is -2.09. The van der Waals surface area contributed by atoms with Crippen LogP contribution < -0.4 is 5.56 Å². The van der Waals surface area contributed by atoms with Gasteiger partial charge in [-0.1, -0.05) is 27.7 Å². The van der Waals surface area contributed by atoms with E-state index in [9.17, 15) is 4.79 Å². The van der Waals surface area contributed by atoms with Crippen molar-refractivity contribution in [1.82, 2.24) is 9.55 Å². The Balaban J connectivity index is 2.88. The maximum absolute atomic E-state index is 12.2. The van der Waals surface area contributed by atoms with E-state index in [1.165, 1.54) is 11.8 Å². The summed E-state index contributed by atoms with van der Waals surface area (Å²) < 4.78 is 2.60. The summed E-state index contributed by atoms with van der Waals surface area (Å²) in [5.41, 5.74) is 0.778. The molecule has 1 heterocycles. The molecule has 0 unspecified atom stereocenters. The van der Waals surface area contributed by atoms with Crippen molar-refractivity contribution in [3.63, 3.8) is 0 Å². The van der Waals surface area contributed by atoms with Crippen LogP contribution in [0.25, 0.3) is 10.9 Å². The molecule has 0 radical (unpaired) electrons. The summed E-state index contributed by atoms with van der Waals surface area (Å²) in [5.74, 6) is 0. The van der Waals surface area contributed by atoms with Crippen LogP contribution in [-0.4, -0.2) is 15.8 Å². The summed E-state index contributed by atoms with van der Waals surface area (Å²) in [4.78, 5) is 16.7. The lowest BCUT2D eigenvalue weighted by molar-refractivity contribution is 0.635. The van der Waals surface area contributed by atoms with Crippen molar-refractivity contribution in [3.8, 4) is 0 Å². The summed E-state index contributed by atoms with van der Waals surface area (Å²) in [6.45, 7) is 2.59. The van der Waals surface area contributed by atoms with E-state index in [4.69, 9.17) is 0 Å². The average molecular weight is 299 g/mol. The molecule has 84 valence electrons. The lowest BCUT2D eigenvalue weighted by Crippen LogP contribution is -2.22. The molecule has 2 rings (SSSR count). The van der Waals surface area contributed by atoms with Gasteiger partial charge in [-0.25, -0.2) is 4.98 Å². The van der Waals surface area contributed by atoms with Gasteiger partial charge in [0.25, 0.3) is 5.56 Å². The molecular weight excluding hydrogens is 288 g/mol. The molecule has 2 aromatic rings. The Labute approximate surface area is 106 Å². The van der Waals surface area contributed by atoms with Crippen LogP contribution in [0.1, 0.15) is 6.92 Å². The number of rotatable bonds is 2. The third-order valence-electron chi connectivity index (χ3n) is 2.38. The third kappa shape index (κ3) is 1.89. The molecule has 0 saturated heterocycles. The normalized spacial score (nSPS) is 10.9. The monoisotopic (exact) mass is 298 g/mol. The first-order valence-corrected chi connectivity index (χ1v) is 6.93. The molecule has 0 amide bonds. The predicted octanol–water partition coefficient (Wildman–Crippen LogP) is 2.90. The maximum Gasteiger partial charge on any atom is 0.262 e. The molecule has 3 nitrogen and oxygen atoms in total. The quantitative estimate of drug-likeness (QED) is 0.632.